The van der Waals surface area contributed by atoms with Gasteiger partial charge in [-0.25, -0.2) is 4.79 Å². The van der Waals surface area contributed by atoms with E-state index in [1.807, 2.05) is 0 Å². The lowest BCUT2D eigenvalue weighted by atomic mass is 10.0. The number of hydrogen-bond acceptors (Lipinski definition) is 16. The van der Waals surface area contributed by atoms with E-state index < -0.39 is 139 Å². The van der Waals surface area contributed by atoms with Crippen molar-refractivity contribution in [3.05, 3.63) is 29.8 Å². The summed E-state index contributed by atoms with van der Waals surface area (Å²) in [6.07, 6.45) is -8.10. The third-order valence-corrected chi connectivity index (χ3v) is 8.51. The molecule has 18 N–H and O–H groups in total. The Morgan fingerprint density at radius 1 is 0.533 bits per heavy atom. The quantitative estimate of drug-likeness (QED) is 0.0459. The van der Waals surface area contributed by atoms with E-state index in [4.69, 9.17) is 11.5 Å². The first kappa shape index (κ1) is 52.0. The average Bonchev–Trinajstić information content (AvgIpc) is 3.14. The predicted molar refractivity (Wildman–Crippen MR) is 204 cm³/mol. The third kappa shape index (κ3) is 16.7. The van der Waals surface area contributed by atoms with Gasteiger partial charge >= 0.3 is 5.97 Å². The van der Waals surface area contributed by atoms with Crippen LogP contribution in [-0.4, -0.2) is 168 Å². The minimum absolute atomic E-state index is 0.152. The maximum Gasteiger partial charge on any atom is 0.328 e. The van der Waals surface area contributed by atoms with E-state index in [1.165, 1.54) is 31.2 Å². The summed E-state index contributed by atoms with van der Waals surface area (Å²) in [5, 5.41) is 84.5. The van der Waals surface area contributed by atoms with Crippen LogP contribution in [0.15, 0.2) is 24.3 Å². The zero-order valence-corrected chi connectivity index (χ0v) is 33.3. The molecule has 0 spiro atoms. The molecule has 0 aliphatic carbocycles. The number of aliphatic hydroxyl groups is 5. The molecule has 0 radical (unpaired) electrons. The molecule has 0 bridgehead atoms. The van der Waals surface area contributed by atoms with Crippen LogP contribution < -0.4 is 48.7 Å². The Balaban J connectivity index is 3.33. The Labute approximate surface area is 343 Å². The number of carboxylic acid groups (broad SMARTS) is 1. The standard InChI is InChI=1S/C35H55N9O16/c1-13(36)28(52)40-22(12-45)31(55)41-25(15(3)47)33(57)43-26(16(4)48)34(58)42-24(14(2)46)32(56)39-21(11-23(37)51)29(53)38-20(10-18-6-8-19(50)9-7-18)30(54)44-27(17(5)49)35(59)60/h6-9,13-17,20-22,24-27,45-50H,10-12,36H2,1-5H3,(H2,37,51)(H,38,53)(H,39,56)(H,40,52)(H,41,55)(H,42,58)(H,43,57)(H,44,54)(H,59,60)/t13-,14+,15+,16+,17+,20-,21-,22-,24-,25-,26-,27-/m1/s1. The van der Waals surface area contributed by atoms with Gasteiger partial charge in [-0.2, -0.15) is 0 Å². The normalized spacial score (nSPS) is 17.1. The van der Waals surface area contributed by atoms with Crippen molar-refractivity contribution in [3.8, 4) is 5.75 Å². The number of nitrogens with two attached hydrogens (primary N) is 2. The van der Waals surface area contributed by atoms with Gasteiger partial charge in [0.1, 0.15) is 42.0 Å². The van der Waals surface area contributed by atoms with Gasteiger partial charge in [-0.05, 0) is 52.3 Å². The molecule has 12 atom stereocenters. The van der Waals surface area contributed by atoms with Crippen molar-refractivity contribution in [1.29, 1.82) is 0 Å². The van der Waals surface area contributed by atoms with Crippen molar-refractivity contribution < 1.29 is 78.9 Å². The van der Waals surface area contributed by atoms with Gasteiger partial charge < -0.3 is 84.4 Å². The molecule has 336 valence electrons. The molecule has 60 heavy (non-hydrogen) atoms. The van der Waals surface area contributed by atoms with Crippen molar-refractivity contribution in [2.24, 2.45) is 11.5 Å². The number of rotatable bonds is 24. The predicted octanol–water partition coefficient (Wildman–Crippen LogP) is -7.85. The zero-order chi connectivity index (χ0) is 46.2. The summed E-state index contributed by atoms with van der Waals surface area (Å²) in [6.45, 7) is 4.53. The molecule has 1 aromatic carbocycles. The first-order chi connectivity index (χ1) is 27.8. The number of primary amides is 1. The number of carbonyl (C=O) groups is 9. The first-order valence-corrected chi connectivity index (χ1v) is 18.3. The first-order valence-electron chi connectivity index (χ1n) is 18.3. The minimum atomic E-state index is -2.00. The number of phenols is 1. The molecule has 25 nitrogen and oxygen atoms in total. The van der Waals surface area contributed by atoms with E-state index in [9.17, 15) is 78.9 Å². The van der Waals surface area contributed by atoms with E-state index in [0.717, 1.165) is 27.7 Å². The number of carboxylic acids is 1. The monoisotopic (exact) mass is 857 g/mol. The largest absolute Gasteiger partial charge is 0.508 e. The van der Waals surface area contributed by atoms with Crippen molar-refractivity contribution in [2.75, 3.05) is 6.61 Å². The highest BCUT2D eigenvalue weighted by atomic mass is 16.4. The lowest BCUT2D eigenvalue weighted by molar-refractivity contribution is -0.145. The average molecular weight is 858 g/mol. The lowest BCUT2D eigenvalue weighted by Gasteiger charge is -2.29. The van der Waals surface area contributed by atoms with Crippen molar-refractivity contribution in [2.45, 2.75) is 120 Å². The number of hydrogen-bond donors (Lipinski definition) is 16. The maximum atomic E-state index is 13.6. The van der Waals surface area contributed by atoms with E-state index in [-0.39, 0.29) is 12.2 Å². The topological polar surface area (TPSA) is 431 Å². The van der Waals surface area contributed by atoms with Gasteiger partial charge in [0.2, 0.25) is 47.3 Å². The molecule has 1 aromatic rings. The number of aromatic hydroxyl groups is 1. The van der Waals surface area contributed by atoms with Gasteiger partial charge in [-0.15, -0.1) is 0 Å². The summed E-state index contributed by atoms with van der Waals surface area (Å²) < 4.78 is 0. The van der Waals surface area contributed by atoms with Gasteiger partial charge in [0, 0.05) is 6.42 Å². The summed E-state index contributed by atoms with van der Waals surface area (Å²) in [7, 11) is 0. The van der Waals surface area contributed by atoms with Crippen LogP contribution in [0.2, 0.25) is 0 Å². The number of aliphatic carboxylic acids is 1. The maximum absolute atomic E-state index is 13.6. The van der Waals surface area contributed by atoms with Gasteiger partial charge in [-0.1, -0.05) is 12.1 Å². The molecule has 0 aliphatic heterocycles. The summed E-state index contributed by atoms with van der Waals surface area (Å²) in [6, 6.07) is -8.69. The SMILES string of the molecule is C[C@H](O)[C@@H](NC(=O)[C@@H](Cc1ccc(O)cc1)NC(=O)[C@@H](CC(N)=O)NC(=O)[C@H](NC(=O)[C@H](NC(=O)[C@H](NC(=O)[C@@H](CO)NC(=O)[C@@H](C)N)[C@H](C)O)[C@H](C)O)[C@H](C)O)C(=O)O. The summed E-state index contributed by atoms with van der Waals surface area (Å²) in [4.78, 5) is 115. The molecular formula is C35H55N9O16. The second-order valence-electron chi connectivity index (χ2n) is 13.9. The minimum Gasteiger partial charge on any atom is -0.508 e. The Morgan fingerprint density at radius 3 is 1.27 bits per heavy atom. The van der Waals surface area contributed by atoms with Crippen molar-refractivity contribution in [1.82, 2.24) is 37.2 Å². The van der Waals surface area contributed by atoms with Gasteiger partial charge in [0.05, 0.1) is 43.5 Å². The van der Waals surface area contributed by atoms with E-state index in [2.05, 4.69) is 37.2 Å². The van der Waals surface area contributed by atoms with E-state index in [1.54, 1.807) is 0 Å². The molecule has 0 heterocycles. The molecule has 1 rings (SSSR count). The van der Waals surface area contributed by atoms with Crippen LogP contribution in [0.4, 0.5) is 0 Å². The van der Waals surface area contributed by atoms with Gasteiger partial charge in [0.15, 0.2) is 6.04 Å². The number of amides is 8. The lowest BCUT2D eigenvalue weighted by Crippen LogP contribution is -2.64. The van der Waals surface area contributed by atoms with E-state index >= 15 is 0 Å². The molecule has 0 saturated heterocycles. The zero-order valence-electron chi connectivity index (χ0n) is 33.3. The second kappa shape index (κ2) is 24.2. The summed E-state index contributed by atoms with van der Waals surface area (Å²) in [5.41, 5.74) is 11.1. The third-order valence-electron chi connectivity index (χ3n) is 8.51. The molecular weight excluding hydrogens is 802 g/mol. The van der Waals surface area contributed by atoms with Crippen molar-refractivity contribution in [3.63, 3.8) is 0 Å². The molecule has 0 fully saturated rings. The Morgan fingerprint density at radius 2 is 0.883 bits per heavy atom. The number of benzene rings is 1. The van der Waals surface area contributed by atoms with Gasteiger partial charge in [-0.3, -0.25) is 38.4 Å². The fourth-order valence-electron chi connectivity index (χ4n) is 5.12. The molecule has 8 amide bonds. The fraction of sp³-hybridized carbons (Fsp3) is 0.571. The molecule has 0 aliphatic rings. The summed E-state index contributed by atoms with van der Waals surface area (Å²) in [5.74, 6) is -11.3. The number of nitrogens with one attached hydrogen (secondary N) is 7. The second-order valence-corrected chi connectivity index (χ2v) is 13.9. The number of carbonyl (C=O) groups excluding carboxylic acids is 8. The Hall–Kier alpha value is -5.99. The Bertz CT molecular complexity index is 1690. The highest BCUT2D eigenvalue weighted by molar-refractivity contribution is 5.99. The number of phenolic OH excluding ortho intramolecular Hbond substituents is 1. The van der Waals surface area contributed by atoms with Crippen LogP contribution in [0.3, 0.4) is 0 Å². The number of aliphatic hydroxyl groups excluding tert-OH is 5. The highest BCUT2D eigenvalue weighted by Crippen LogP contribution is 2.13. The molecule has 25 heteroatoms. The summed E-state index contributed by atoms with van der Waals surface area (Å²) >= 11 is 0. The Kier molecular flexibility index (Phi) is 21.0. The molecule has 0 unspecified atom stereocenters. The van der Waals surface area contributed by atoms with E-state index in [0.29, 0.717) is 5.56 Å². The van der Waals surface area contributed by atoms with Crippen LogP contribution in [-0.2, 0) is 49.6 Å². The van der Waals surface area contributed by atoms with Gasteiger partial charge in [0.25, 0.3) is 0 Å². The van der Waals surface area contributed by atoms with Crippen LogP contribution in [0, 0.1) is 0 Å². The van der Waals surface area contributed by atoms with Crippen molar-refractivity contribution >= 4 is 53.2 Å². The smallest absolute Gasteiger partial charge is 0.328 e. The molecule has 0 aromatic heterocycles. The van der Waals surface area contributed by atoms with Crippen LogP contribution in [0.25, 0.3) is 0 Å². The molecule has 0 saturated carbocycles. The van der Waals surface area contributed by atoms with Crippen LogP contribution >= 0.6 is 0 Å². The van der Waals surface area contributed by atoms with Crippen LogP contribution in [0.5, 0.6) is 5.75 Å². The van der Waals surface area contributed by atoms with Crippen LogP contribution in [0.1, 0.15) is 46.6 Å². The highest BCUT2D eigenvalue weighted by Gasteiger charge is 2.38. The fourth-order valence-corrected chi connectivity index (χ4v) is 5.12.